The molecular weight excluding hydrogens is 230 g/mol. The maximum atomic E-state index is 12.1. The van der Waals surface area contributed by atoms with Gasteiger partial charge in [-0.05, 0) is 18.1 Å². The third-order valence-corrected chi connectivity index (χ3v) is 2.97. The maximum absolute atomic E-state index is 12.1. The number of hydrogen-bond donors (Lipinski definition) is 2. The number of nitrogens with two attached hydrogens (primary N) is 1. The van der Waals surface area contributed by atoms with Crippen LogP contribution in [0.1, 0.15) is 24.3 Å². The van der Waals surface area contributed by atoms with Crippen molar-refractivity contribution >= 4 is 5.91 Å². The summed E-state index contributed by atoms with van der Waals surface area (Å²) in [5.41, 5.74) is 6.30. The van der Waals surface area contributed by atoms with Gasteiger partial charge in [-0.15, -0.1) is 0 Å². The molecule has 0 aromatic carbocycles. The van der Waals surface area contributed by atoms with Crippen molar-refractivity contribution in [2.75, 3.05) is 20.3 Å². The Kier molecular flexibility index (Phi) is 5.88. The van der Waals surface area contributed by atoms with Crippen LogP contribution < -0.4 is 11.1 Å². The molecule has 1 amide bonds. The minimum absolute atomic E-state index is 0.00303. The Hall–Kier alpha value is -1.33. The Balaban J connectivity index is 2.68. The first-order valence-electron chi connectivity index (χ1n) is 6.25. The highest BCUT2D eigenvalue weighted by Crippen LogP contribution is 2.05. The van der Waals surface area contributed by atoms with Crippen molar-refractivity contribution in [1.82, 2.24) is 9.88 Å². The lowest BCUT2D eigenvalue weighted by Crippen LogP contribution is -2.44. The fourth-order valence-electron chi connectivity index (χ4n) is 1.74. The molecule has 0 radical (unpaired) electrons. The van der Waals surface area contributed by atoms with Crippen molar-refractivity contribution in [3.05, 3.63) is 24.0 Å². The second-order valence-electron chi connectivity index (χ2n) is 4.64. The molecule has 3 N–H and O–H groups in total. The molecule has 0 aliphatic rings. The molecule has 0 aliphatic carbocycles. The van der Waals surface area contributed by atoms with Gasteiger partial charge in [-0.25, -0.2) is 0 Å². The summed E-state index contributed by atoms with van der Waals surface area (Å²) in [5, 5.41) is 2.96. The number of carbonyl (C=O) groups excluding carboxylic acids is 1. The number of methoxy groups -OCH3 is 1. The van der Waals surface area contributed by atoms with Gasteiger partial charge in [0.25, 0.3) is 5.91 Å². The lowest BCUT2D eigenvalue weighted by Gasteiger charge is -2.21. The summed E-state index contributed by atoms with van der Waals surface area (Å²) >= 11 is 0. The van der Waals surface area contributed by atoms with Crippen LogP contribution in [0.15, 0.2) is 18.3 Å². The van der Waals surface area contributed by atoms with E-state index in [4.69, 9.17) is 10.5 Å². The first kappa shape index (κ1) is 14.7. The molecule has 5 heteroatoms. The molecule has 1 atom stereocenters. The van der Waals surface area contributed by atoms with Gasteiger partial charge in [-0.2, -0.15) is 0 Å². The van der Waals surface area contributed by atoms with Crippen molar-refractivity contribution < 1.29 is 9.53 Å². The maximum Gasteiger partial charge on any atom is 0.268 e. The van der Waals surface area contributed by atoms with E-state index in [0.29, 0.717) is 31.3 Å². The number of amides is 1. The molecule has 0 spiro atoms. The van der Waals surface area contributed by atoms with E-state index in [1.807, 2.05) is 30.7 Å². The third-order valence-electron chi connectivity index (χ3n) is 2.97. The predicted molar refractivity (Wildman–Crippen MR) is 71.5 cm³/mol. The van der Waals surface area contributed by atoms with Gasteiger partial charge in [-0.1, -0.05) is 13.8 Å². The van der Waals surface area contributed by atoms with Gasteiger partial charge in [0, 0.05) is 32.4 Å². The zero-order chi connectivity index (χ0) is 13.5. The molecule has 1 rings (SSSR count). The van der Waals surface area contributed by atoms with E-state index >= 15 is 0 Å². The van der Waals surface area contributed by atoms with Crippen molar-refractivity contribution in [2.45, 2.75) is 26.4 Å². The van der Waals surface area contributed by atoms with Crippen LogP contribution >= 0.6 is 0 Å². The number of hydrogen-bond acceptors (Lipinski definition) is 3. The summed E-state index contributed by atoms with van der Waals surface area (Å²) in [6.45, 7) is 5.78. The molecule has 0 bridgehead atoms. The molecule has 0 fully saturated rings. The second-order valence-corrected chi connectivity index (χ2v) is 4.64. The molecule has 1 unspecified atom stereocenters. The van der Waals surface area contributed by atoms with E-state index in [1.165, 1.54) is 0 Å². The number of ether oxygens (including phenoxy) is 1. The van der Waals surface area contributed by atoms with Gasteiger partial charge in [0.05, 0.1) is 6.61 Å². The normalized spacial score (nSPS) is 12.7. The number of nitrogens with one attached hydrogen (secondary N) is 1. The topological polar surface area (TPSA) is 69.3 Å². The smallest absolute Gasteiger partial charge is 0.268 e. The van der Waals surface area contributed by atoms with Gasteiger partial charge in [0.1, 0.15) is 5.69 Å². The second kappa shape index (κ2) is 7.18. The average Bonchev–Trinajstić information content (AvgIpc) is 2.80. The van der Waals surface area contributed by atoms with Crippen molar-refractivity contribution in [3.8, 4) is 0 Å². The monoisotopic (exact) mass is 253 g/mol. The first-order valence-corrected chi connectivity index (χ1v) is 6.25. The zero-order valence-corrected chi connectivity index (χ0v) is 11.3. The Morgan fingerprint density at radius 1 is 1.56 bits per heavy atom. The van der Waals surface area contributed by atoms with E-state index in [2.05, 4.69) is 5.32 Å². The van der Waals surface area contributed by atoms with Gasteiger partial charge >= 0.3 is 0 Å². The Morgan fingerprint density at radius 3 is 2.83 bits per heavy atom. The van der Waals surface area contributed by atoms with Gasteiger partial charge in [-0.3, -0.25) is 4.79 Å². The Morgan fingerprint density at radius 2 is 2.28 bits per heavy atom. The van der Waals surface area contributed by atoms with E-state index in [-0.39, 0.29) is 11.9 Å². The highest BCUT2D eigenvalue weighted by Gasteiger charge is 2.17. The van der Waals surface area contributed by atoms with Crippen molar-refractivity contribution in [1.29, 1.82) is 0 Å². The van der Waals surface area contributed by atoms with Crippen LogP contribution in [0.25, 0.3) is 0 Å². The van der Waals surface area contributed by atoms with E-state index in [0.717, 1.165) is 0 Å². The molecule has 1 heterocycles. The van der Waals surface area contributed by atoms with Gasteiger partial charge in [0.2, 0.25) is 0 Å². The predicted octanol–water partition coefficient (Wildman–Crippen LogP) is 0.848. The highest BCUT2D eigenvalue weighted by molar-refractivity contribution is 5.93. The molecule has 5 nitrogen and oxygen atoms in total. The van der Waals surface area contributed by atoms with Crippen LogP contribution in [0, 0.1) is 5.92 Å². The minimum Gasteiger partial charge on any atom is -0.383 e. The number of rotatable bonds is 7. The van der Waals surface area contributed by atoms with Crippen LogP contribution in [-0.4, -0.2) is 36.8 Å². The quantitative estimate of drug-likeness (QED) is 0.757. The lowest BCUT2D eigenvalue weighted by atomic mass is 10.0. The summed E-state index contributed by atoms with van der Waals surface area (Å²) < 4.78 is 6.90. The summed E-state index contributed by atoms with van der Waals surface area (Å²) in [7, 11) is 1.65. The Bertz CT molecular complexity index is 374. The fraction of sp³-hybridized carbons (Fsp3) is 0.615. The largest absolute Gasteiger partial charge is 0.383 e. The summed E-state index contributed by atoms with van der Waals surface area (Å²) in [6, 6.07) is 3.67. The molecule has 0 aliphatic heterocycles. The molecule has 0 saturated heterocycles. The van der Waals surface area contributed by atoms with Crippen molar-refractivity contribution in [2.24, 2.45) is 11.7 Å². The first-order chi connectivity index (χ1) is 8.60. The Labute approximate surface area is 108 Å². The van der Waals surface area contributed by atoms with Crippen molar-refractivity contribution in [3.63, 3.8) is 0 Å². The SMILES string of the molecule is COCCn1cccc1C(=O)NC(CN)C(C)C. The third kappa shape index (κ3) is 3.85. The minimum atomic E-state index is -0.0831. The summed E-state index contributed by atoms with van der Waals surface area (Å²) in [4.78, 5) is 12.1. The summed E-state index contributed by atoms with van der Waals surface area (Å²) in [5.74, 6) is 0.238. The lowest BCUT2D eigenvalue weighted by molar-refractivity contribution is 0.0915. The summed E-state index contributed by atoms with van der Waals surface area (Å²) in [6.07, 6.45) is 1.88. The van der Waals surface area contributed by atoms with Gasteiger partial charge in [0.15, 0.2) is 0 Å². The standard InChI is InChI=1S/C13H23N3O2/c1-10(2)11(9-14)15-13(17)12-5-4-6-16(12)7-8-18-3/h4-6,10-11H,7-9,14H2,1-3H3,(H,15,17). The van der Waals surface area contributed by atoms with Crippen LogP contribution in [0.5, 0.6) is 0 Å². The van der Waals surface area contributed by atoms with E-state index in [9.17, 15) is 4.79 Å². The van der Waals surface area contributed by atoms with E-state index in [1.54, 1.807) is 13.2 Å². The van der Waals surface area contributed by atoms with E-state index < -0.39 is 0 Å². The van der Waals surface area contributed by atoms with Crippen LogP contribution in [-0.2, 0) is 11.3 Å². The molecule has 1 aromatic heterocycles. The van der Waals surface area contributed by atoms with Crippen LogP contribution in [0.4, 0.5) is 0 Å². The number of nitrogens with zero attached hydrogens (tertiary/aromatic N) is 1. The number of carbonyl (C=O) groups is 1. The molecule has 1 aromatic rings. The molecular formula is C13H23N3O2. The van der Waals surface area contributed by atoms with Crippen LogP contribution in [0.3, 0.4) is 0 Å². The van der Waals surface area contributed by atoms with Gasteiger partial charge < -0.3 is 20.4 Å². The molecule has 18 heavy (non-hydrogen) atoms. The van der Waals surface area contributed by atoms with Crippen LogP contribution in [0.2, 0.25) is 0 Å². The highest BCUT2D eigenvalue weighted by atomic mass is 16.5. The molecule has 102 valence electrons. The fourth-order valence-corrected chi connectivity index (χ4v) is 1.74. The zero-order valence-electron chi connectivity index (χ0n) is 11.3. The average molecular weight is 253 g/mol. The number of aromatic nitrogens is 1. The molecule has 0 saturated carbocycles.